The lowest BCUT2D eigenvalue weighted by Gasteiger charge is -2.28. The molecule has 0 heterocycles. The van der Waals surface area contributed by atoms with Crippen molar-refractivity contribution in [2.45, 2.75) is 84.0 Å². The molecular formula is C17H39NO3. The Labute approximate surface area is 132 Å². The molecule has 0 amide bonds. The van der Waals surface area contributed by atoms with Crippen LogP contribution >= 0.6 is 0 Å². The minimum Gasteiger partial charge on any atom is -0.331 e. The molecule has 2 N–H and O–H groups in total. The molecule has 0 saturated carbocycles. The van der Waals surface area contributed by atoms with Crippen LogP contribution in [0.15, 0.2) is 0 Å². The number of unbranched alkanes of at least 4 members (excludes halogenated alkanes) is 7. The van der Waals surface area contributed by atoms with E-state index in [1.165, 1.54) is 51.4 Å². The summed E-state index contributed by atoms with van der Waals surface area (Å²) in [5.41, 5.74) is 5.14. The van der Waals surface area contributed by atoms with Gasteiger partial charge in [-0.2, -0.15) is 0 Å². The van der Waals surface area contributed by atoms with Crippen LogP contribution in [0.2, 0.25) is 0 Å². The van der Waals surface area contributed by atoms with E-state index in [0.29, 0.717) is 0 Å². The highest BCUT2D eigenvalue weighted by molar-refractivity contribution is 4.56. The molecule has 4 nitrogen and oxygen atoms in total. The van der Waals surface area contributed by atoms with E-state index < -0.39 is 5.97 Å². The number of ether oxygens (including phenoxy) is 3. The quantitative estimate of drug-likeness (QED) is 0.403. The summed E-state index contributed by atoms with van der Waals surface area (Å²) in [6, 6.07) is 0. The van der Waals surface area contributed by atoms with E-state index in [-0.39, 0.29) is 0 Å². The van der Waals surface area contributed by atoms with Gasteiger partial charge in [0.15, 0.2) is 0 Å². The minimum atomic E-state index is -0.830. The SMILES string of the molecule is CCCCCCCCCC(OC)(OC)OC.CCCCN. The van der Waals surface area contributed by atoms with Crippen LogP contribution in [0.25, 0.3) is 0 Å². The van der Waals surface area contributed by atoms with Crippen LogP contribution in [0.1, 0.15) is 78.1 Å². The molecule has 0 spiro atoms. The van der Waals surface area contributed by atoms with Crippen LogP contribution < -0.4 is 5.73 Å². The molecule has 0 aromatic carbocycles. The standard InChI is InChI=1S/C13H28O3.C4H11N/c1-5-6-7-8-9-10-11-12-13(14-2,15-3)16-4;1-2-3-4-5/h5-12H2,1-4H3;2-5H2,1H3. The second kappa shape index (κ2) is 17.9. The van der Waals surface area contributed by atoms with Crippen molar-refractivity contribution in [1.82, 2.24) is 0 Å². The molecule has 0 atom stereocenters. The zero-order valence-corrected chi connectivity index (χ0v) is 15.1. The highest BCUT2D eigenvalue weighted by atomic mass is 16.9. The monoisotopic (exact) mass is 305 g/mol. The third kappa shape index (κ3) is 14.5. The Hall–Kier alpha value is -0.160. The smallest absolute Gasteiger partial charge is 0.282 e. The predicted molar refractivity (Wildman–Crippen MR) is 90.3 cm³/mol. The average molecular weight is 306 g/mol. The summed E-state index contributed by atoms with van der Waals surface area (Å²) >= 11 is 0. The van der Waals surface area contributed by atoms with Gasteiger partial charge >= 0.3 is 0 Å². The van der Waals surface area contributed by atoms with Gasteiger partial charge in [0.05, 0.1) is 0 Å². The first-order valence-electron chi connectivity index (χ1n) is 8.51. The van der Waals surface area contributed by atoms with E-state index in [9.17, 15) is 0 Å². The summed E-state index contributed by atoms with van der Waals surface area (Å²) in [5.74, 6) is -0.830. The zero-order valence-electron chi connectivity index (χ0n) is 15.1. The van der Waals surface area contributed by atoms with E-state index in [1.54, 1.807) is 21.3 Å². The number of methoxy groups -OCH3 is 3. The van der Waals surface area contributed by atoms with Crippen molar-refractivity contribution in [1.29, 1.82) is 0 Å². The molecule has 0 aliphatic heterocycles. The number of hydrogen-bond acceptors (Lipinski definition) is 4. The van der Waals surface area contributed by atoms with E-state index in [2.05, 4.69) is 13.8 Å². The lowest BCUT2D eigenvalue weighted by Crippen LogP contribution is -2.35. The molecule has 21 heavy (non-hydrogen) atoms. The van der Waals surface area contributed by atoms with Crippen LogP contribution in [0.3, 0.4) is 0 Å². The fraction of sp³-hybridized carbons (Fsp3) is 1.00. The van der Waals surface area contributed by atoms with Gasteiger partial charge < -0.3 is 19.9 Å². The maximum atomic E-state index is 5.24. The predicted octanol–water partition coefficient (Wildman–Crippen LogP) is 4.47. The molecule has 0 aromatic heterocycles. The maximum absolute atomic E-state index is 5.24. The highest BCUT2D eigenvalue weighted by Crippen LogP contribution is 2.21. The summed E-state index contributed by atoms with van der Waals surface area (Å²) in [4.78, 5) is 0. The highest BCUT2D eigenvalue weighted by Gasteiger charge is 2.28. The van der Waals surface area contributed by atoms with Crippen LogP contribution in [-0.2, 0) is 14.2 Å². The van der Waals surface area contributed by atoms with Crippen LogP contribution in [-0.4, -0.2) is 33.8 Å². The fourth-order valence-electron chi connectivity index (χ4n) is 2.06. The molecule has 130 valence electrons. The summed E-state index contributed by atoms with van der Waals surface area (Å²) in [6.07, 6.45) is 12.2. The largest absolute Gasteiger partial charge is 0.331 e. The molecule has 0 saturated heterocycles. The Morgan fingerprint density at radius 3 is 1.43 bits per heavy atom. The van der Waals surface area contributed by atoms with Crippen molar-refractivity contribution >= 4 is 0 Å². The van der Waals surface area contributed by atoms with Crippen molar-refractivity contribution in [3.8, 4) is 0 Å². The van der Waals surface area contributed by atoms with Crippen LogP contribution in [0.4, 0.5) is 0 Å². The minimum absolute atomic E-state index is 0.796. The second-order valence-corrected chi connectivity index (χ2v) is 5.31. The molecule has 0 aliphatic rings. The van der Waals surface area contributed by atoms with Gasteiger partial charge in [0.1, 0.15) is 0 Å². The van der Waals surface area contributed by atoms with Crippen molar-refractivity contribution in [3.05, 3.63) is 0 Å². The average Bonchev–Trinajstić information content (AvgIpc) is 2.52. The third-order valence-electron chi connectivity index (χ3n) is 3.58. The molecule has 0 aliphatic carbocycles. The number of rotatable bonds is 13. The van der Waals surface area contributed by atoms with Gasteiger partial charge in [-0.25, -0.2) is 0 Å². The molecule has 4 heteroatoms. The second-order valence-electron chi connectivity index (χ2n) is 5.31. The summed E-state index contributed by atoms with van der Waals surface area (Å²) in [7, 11) is 4.86. The molecule has 0 bridgehead atoms. The van der Waals surface area contributed by atoms with Crippen molar-refractivity contribution in [3.63, 3.8) is 0 Å². The Kier molecular flexibility index (Phi) is 19.7. The van der Waals surface area contributed by atoms with Crippen LogP contribution in [0, 0.1) is 0 Å². The first-order valence-corrected chi connectivity index (χ1v) is 8.51. The topological polar surface area (TPSA) is 53.7 Å². The molecule has 0 unspecified atom stereocenters. The van der Waals surface area contributed by atoms with Crippen molar-refractivity contribution in [2.24, 2.45) is 5.73 Å². The Morgan fingerprint density at radius 1 is 0.667 bits per heavy atom. The van der Waals surface area contributed by atoms with Crippen molar-refractivity contribution < 1.29 is 14.2 Å². The Balaban J connectivity index is 0. The van der Waals surface area contributed by atoms with E-state index >= 15 is 0 Å². The lowest BCUT2D eigenvalue weighted by molar-refractivity contribution is -0.355. The summed E-state index contributed by atoms with van der Waals surface area (Å²) in [6.45, 7) is 5.22. The molecule has 0 radical (unpaired) electrons. The first kappa shape index (κ1) is 23.1. The lowest BCUT2D eigenvalue weighted by atomic mass is 10.1. The van der Waals surface area contributed by atoms with Gasteiger partial charge in [0.25, 0.3) is 5.97 Å². The summed E-state index contributed by atoms with van der Waals surface area (Å²) < 4.78 is 15.7. The van der Waals surface area contributed by atoms with E-state index in [4.69, 9.17) is 19.9 Å². The maximum Gasteiger partial charge on any atom is 0.282 e. The summed E-state index contributed by atoms with van der Waals surface area (Å²) in [5, 5.41) is 0. The van der Waals surface area contributed by atoms with Gasteiger partial charge in [-0.05, 0) is 19.4 Å². The normalized spacial score (nSPS) is 11.1. The van der Waals surface area contributed by atoms with Gasteiger partial charge in [0, 0.05) is 27.8 Å². The van der Waals surface area contributed by atoms with E-state index in [1.807, 2.05) is 0 Å². The van der Waals surface area contributed by atoms with Crippen LogP contribution in [0.5, 0.6) is 0 Å². The Morgan fingerprint density at radius 2 is 1.10 bits per heavy atom. The van der Waals surface area contributed by atoms with E-state index in [0.717, 1.165) is 19.4 Å². The van der Waals surface area contributed by atoms with Gasteiger partial charge in [0.2, 0.25) is 0 Å². The zero-order chi connectivity index (χ0) is 16.4. The first-order chi connectivity index (χ1) is 10.2. The Bertz CT molecular complexity index is 175. The molecule has 0 fully saturated rings. The van der Waals surface area contributed by atoms with Crippen molar-refractivity contribution in [2.75, 3.05) is 27.9 Å². The molecule has 0 aromatic rings. The third-order valence-corrected chi connectivity index (χ3v) is 3.58. The number of hydrogen-bond donors (Lipinski definition) is 1. The molecule has 0 rings (SSSR count). The van der Waals surface area contributed by atoms with Gasteiger partial charge in [-0.3, -0.25) is 0 Å². The van der Waals surface area contributed by atoms with Gasteiger partial charge in [-0.15, -0.1) is 0 Å². The fourth-order valence-corrected chi connectivity index (χ4v) is 2.06. The molecular weight excluding hydrogens is 266 g/mol. The van der Waals surface area contributed by atoms with Gasteiger partial charge in [-0.1, -0.05) is 58.8 Å². The number of nitrogens with two attached hydrogens (primary N) is 1.